The Bertz CT molecular complexity index is 1010. The van der Waals surface area contributed by atoms with Gasteiger partial charge in [0, 0.05) is 6.54 Å². The number of ketones is 1. The van der Waals surface area contributed by atoms with Crippen molar-refractivity contribution in [2.24, 2.45) is 0 Å². The number of ether oxygens (including phenoxy) is 3. The third kappa shape index (κ3) is 4.82. The highest BCUT2D eigenvalue weighted by Gasteiger charge is 2.46. The Morgan fingerprint density at radius 1 is 0.970 bits per heavy atom. The molecule has 1 unspecified atom stereocenters. The van der Waals surface area contributed by atoms with Gasteiger partial charge < -0.3 is 24.2 Å². The van der Waals surface area contributed by atoms with Crippen molar-refractivity contribution in [3.63, 3.8) is 0 Å². The number of carbonyl (C=O) groups is 2. The van der Waals surface area contributed by atoms with E-state index in [0.29, 0.717) is 36.0 Å². The number of amides is 1. The summed E-state index contributed by atoms with van der Waals surface area (Å²) in [6.07, 6.45) is 2.48. The van der Waals surface area contributed by atoms with Crippen LogP contribution in [0.4, 0.5) is 0 Å². The van der Waals surface area contributed by atoms with E-state index in [1.165, 1.54) is 19.1 Å². The van der Waals surface area contributed by atoms with E-state index in [0.717, 1.165) is 19.3 Å². The van der Waals surface area contributed by atoms with Crippen molar-refractivity contribution in [2.75, 3.05) is 27.4 Å². The third-order valence-corrected chi connectivity index (χ3v) is 5.63. The quantitative estimate of drug-likeness (QED) is 0.318. The number of carbonyl (C=O) groups excluding carboxylic acids is 2. The van der Waals surface area contributed by atoms with Gasteiger partial charge in [-0.05, 0) is 42.7 Å². The van der Waals surface area contributed by atoms with Crippen LogP contribution in [0, 0.1) is 0 Å². The molecular formula is C26H31NO6. The summed E-state index contributed by atoms with van der Waals surface area (Å²) < 4.78 is 16.5. The second kappa shape index (κ2) is 10.9. The van der Waals surface area contributed by atoms with E-state index in [1.54, 1.807) is 18.2 Å². The van der Waals surface area contributed by atoms with Gasteiger partial charge in [0.25, 0.3) is 11.7 Å². The number of hydrogen-bond acceptors (Lipinski definition) is 6. The van der Waals surface area contributed by atoms with E-state index in [9.17, 15) is 14.7 Å². The Labute approximate surface area is 194 Å². The Balaban J connectivity index is 2.17. The standard InChI is InChI=1S/C26H31NO6/c1-5-7-15-27-23(17-11-13-18(14-12-17)33-16-6-2)22(25(29)26(27)30)24(28)21-19(31-3)9-8-10-20(21)32-4/h8-14,23,28H,5-7,15-16H2,1-4H3/b24-22+. The molecule has 1 fully saturated rings. The summed E-state index contributed by atoms with van der Waals surface area (Å²) in [5.41, 5.74) is 0.967. The number of aliphatic hydroxyl groups is 1. The van der Waals surface area contributed by atoms with Gasteiger partial charge in [0.05, 0.1) is 32.4 Å². The maximum Gasteiger partial charge on any atom is 0.295 e. The molecule has 1 aliphatic heterocycles. The predicted molar refractivity (Wildman–Crippen MR) is 126 cm³/mol. The summed E-state index contributed by atoms with van der Waals surface area (Å²) in [5, 5.41) is 11.4. The summed E-state index contributed by atoms with van der Waals surface area (Å²) in [4.78, 5) is 27.7. The van der Waals surface area contributed by atoms with E-state index in [1.807, 2.05) is 38.1 Å². The van der Waals surface area contributed by atoms with Gasteiger partial charge >= 0.3 is 0 Å². The van der Waals surface area contributed by atoms with Crippen LogP contribution in [0.5, 0.6) is 17.2 Å². The van der Waals surface area contributed by atoms with E-state index < -0.39 is 17.7 Å². The molecule has 33 heavy (non-hydrogen) atoms. The molecule has 0 aromatic heterocycles. The molecule has 0 aliphatic carbocycles. The minimum absolute atomic E-state index is 0.0149. The number of hydrogen-bond donors (Lipinski definition) is 1. The molecule has 1 aliphatic rings. The molecule has 1 amide bonds. The van der Waals surface area contributed by atoms with Crippen LogP contribution in [-0.4, -0.2) is 49.1 Å². The zero-order chi connectivity index (χ0) is 24.0. The van der Waals surface area contributed by atoms with Crippen LogP contribution >= 0.6 is 0 Å². The first-order valence-electron chi connectivity index (χ1n) is 11.2. The summed E-state index contributed by atoms with van der Waals surface area (Å²) in [6, 6.07) is 11.6. The molecule has 1 saturated heterocycles. The third-order valence-electron chi connectivity index (χ3n) is 5.63. The van der Waals surface area contributed by atoms with Crippen molar-refractivity contribution in [3.05, 3.63) is 59.2 Å². The Kier molecular flexibility index (Phi) is 7.98. The first-order valence-corrected chi connectivity index (χ1v) is 11.2. The fourth-order valence-electron chi connectivity index (χ4n) is 3.97. The Morgan fingerprint density at radius 2 is 1.61 bits per heavy atom. The van der Waals surface area contributed by atoms with Crippen molar-refractivity contribution in [1.82, 2.24) is 4.90 Å². The lowest BCUT2D eigenvalue weighted by Gasteiger charge is -2.25. The summed E-state index contributed by atoms with van der Waals surface area (Å²) in [5.74, 6) is -0.291. The highest BCUT2D eigenvalue weighted by Crippen LogP contribution is 2.43. The summed E-state index contributed by atoms with van der Waals surface area (Å²) >= 11 is 0. The molecule has 7 nitrogen and oxygen atoms in total. The molecular weight excluding hydrogens is 422 g/mol. The van der Waals surface area contributed by atoms with E-state index in [4.69, 9.17) is 14.2 Å². The monoisotopic (exact) mass is 453 g/mol. The van der Waals surface area contributed by atoms with Crippen LogP contribution < -0.4 is 14.2 Å². The van der Waals surface area contributed by atoms with Crippen LogP contribution in [0.25, 0.3) is 5.76 Å². The first kappa shape index (κ1) is 24.2. The summed E-state index contributed by atoms with van der Waals surface area (Å²) in [6.45, 7) is 5.05. The maximum atomic E-state index is 13.2. The lowest BCUT2D eigenvalue weighted by atomic mass is 9.94. The van der Waals surface area contributed by atoms with Gasteiger partial charge in [-0.2, -0.15) is 0 Å². The lowest BCUT2D eigenvalue weighted by Crippen LogP contribution is -2.30. The average Bonchev–Trinajstić information content (AvgIpc) is 3.10. The number of nitrogens with zero attached hydrogens (tertiary/aromatic N) is 1. The van der Waals surface area contributed by atoms with Crippen LogP contribution in [0.2, 0.25) is 0 Å². The van der Waals surface area contributed by atoms with Crippen molar-refractivity contribution >= 4 is 17.4 Å². The SMILES string of the molecule is CCCCN1C(=O)C(=O)/C(=C(/O)c2c(OC)cccc2OC)C1c1ccc(OCCC)cc1. The average molecular weight is 454 g/mol. The van der Waals surface area contributed by atoms with Crippen LogP contribution in [0.3, 0.4) is 0 Å². The number of unbranched alkanes of at least 4 members (excludes halogenated alkanes) is 1. The number of methoxy groups -OCH3 is 2. The molecule has 1 atom stereocenters. The summed E-state index contributed by atoms with van der Waals surface area (Å²) in [7, 11) is 2.94. The fraction of sp³-hybridized carbons (Fsp3) is 0.385. The van der Waals surface area contributed by atoms with Gasteiger partial charge in [-0.25, -0.2) is 0 Å². The largest absolute Gasteiger partial charge is 0.506 e. The van der Waals surface area contributed by atoms with Crippen LogP contribution in [0.1, 0.15) is 50.3 Å². The van der Waals surface area contributed by atoms with Gasteiger partial charge in [-0.15, -0.1) is 0 Å². The molecule has 0 radical (unpaired) electrons. The normalized spacial score (nSPS) is 17.3. The van der Waals surface area contributed by atoms with Crippen molar-refractivity contribution in [3.8, 4) is 17.2 Å². The predicted octanol–water partition coefficient (Wildman–Crippen LogP) is 4.71. The van der Waals surface area contributed by atoms with Crippen LogP contribution in [0.15, 0.2) is 48.0 Å². The number of rotatable bonds is 10. The topological polar surface area (TPSA) is 85.3 Å². The smallest absolute Gasteiger partial charge is 0.295 e. The molecule has 7 heteroatoms. The molecule has 0 bridgehead atoms. The van der Waals surface area contributed by atoms with Crippen molar-refractivity contribution in [1.29, 1.82) is 0 Å². The molecule has 176 valence electrons. The maximum absolute atomic E-state index is 13.2. The van der Waals surface area contributed by atoms with E-state index >= 15 is 0 Å². The highest BCUT2D eigenvalue weighted by atomic mass is 16.5. The second-order valence-corrected chi connectivity index (χ2v) is 7.80. The zero-order valence-corrected chi connectivity index (χ0v) is 19.6. The van der Waals surface area contributed by atoms with E-state index in [2.05, 4.69) is 0 Å². The Hall–Kier alpha value is -3.48. The molecule has 2 aromatic carbocycles. The minimum atomic E-state index is -0.730. The van der Waals surface area contributed by atoms with E-state index in [-0.39, 0.29) is 16.9 Å². The molecule has 0 saturated carbocycles. The number of benzene rings is 2. The van der Waals surface area contributed by atoms with Gasteiger partial charge in [0.1, 0.15) is 28.6 Å². The number of Topliss-reactive ketones (excluding diaryl/α,β-unsaturated/α-hetero) is 1. The van der Waals surface area contributed by atoms with Crippen molar-refractivity contribution < 1.29 is 28.9 Å². The van der Waals surface area contributed by atoms with Crippen molar-refractivity contribution in [2.45, 2.75) is 39.2 Å². The molecule has 3 rings (SSSR count). The lowest BCUT2D eigenvalue weighted by molar-refractivity contribution is -0.139. The van der Waals surface area contributed by atoms with Gasteiger partial charge in [0.2, 0.25) is 0 Å². The number of likely N-dealkylation sites (tertiary alicyclic amines) is 1. The zero-order valence-electron chi connectivity index (χ0n) is 19.6. The minimum Gasteiger partial charge on any atom is -0.506 e. The number of aliphatic hydroxyl groups excluding tert-OH is 1. The molecule has 1 heterocycles. The highest BCUT2D eigenvalue weighted by molar-refractivity contribution is 6.46. The van der Waals surface area contributed by atoms with Gasteiger partial charge in [-0.3, -0.25) is 9.59 Å². The van der Waals surface area contributed by atoms with Crippen LogP contribution in [-0.2, 0) is 9.59 Å². The fourth-order valence-corrected chi connectivity index (χ4v) is 3.97. The second-order valence-electron chi connectivity index (χ2n) is 7.80. The molecule has 0 spiro atoms. The molecule has 2 aromatic rings. The van der Waals surface area contributed by atoms with Gasteiger partial charge in [0.15, 0.2) is 0 Å². The first-order chi connectivity index (χ1) is 16.0. The Morgan fingerprint density at radius 3 is 2.15 bits per heavy atom. The molecule has 1 N–H and O–H groups in total. The van der Waals surface area contributed by atoms with Gasteiger partial charge in [-0.1, -0.05) is 38.5 Å².